The fourth-order valence-corrected chi connectivity index (χ4v) is 3.51. The first-order valence-corrected chi connectivity index (χ1v) is 11.2. The van der Waals surface area contributed by atoms with Crippen molar-refractivity contribution in [3.05, 3.63) is 107 Å². The molecule has 4 aromatic rings. The van der Waals surface area contributed by atoms with Crippen LogP contribution in [0.3, 0.4) is 0 Å². The lowest BCUT2D eigenvalue weighted by atomic mass is 10.0. The molecule has 0 N–H and O–H groups in total. The summed E-state index contributed by atoms with van der Waals surface area (Å²) in [5.41, 5.74) is -1.31. The zero-order chi connectivity index (χ0) is 29.3. The van der Waals surface area contributed by atoms with E-state index in [2.05, 4.69) is 0 Å². The number of hydrogen-bond donors (Lipinski definition) is 0. The molecule has 206 valence electrons. The van der Waals surface area contributed by atoms with Crippen molar-refractivity contribution in [3.63, 3.8) is 0 Å². The van der Waals surface area contributed by atoms with E-state index in [4.69, 9.17) is 9.47 Å². The molecule has 0 spiro atoms. The monoisotopic (exact) mass is 566 g/mol. The Bertz CT molecular complexity index is 1490. The molecule has 0 aliphatic carbocycles. The summed E-state index contributed by atoms with van der Waals surface area (Å²) < 4.78 is 119. The number of halogens is 8. The third kappa shape index (κ3) is 5.80. The molecule has 0 saturated heterocycles. The van der Waals surface area contributed by atoms with E-state index >= 15 is 0 Å². The predicted octanol–water partition coefficient (Wildman–Crippen LogP) is 7.28. The summed E-state index contributed by atoms with van der Waals surface area (Å²) in [6.07, 6.45) is 0. The van der Waals surface area contributed by atoms with Crippen LogP contribution in [0.2, 0.25) is 0 Å². The van der Waals surface area contributed by atoms with E-state index in [0.29, 0.717) is 36.4 Å². The molecule has 0 bridgehead atoms. The first kappa shape index (κ1) is 28.3. The quantitative estimate of drug-likeness (QED) is 0.0810. The fraction of sp³-hybridized carbons (Fsp3) is 0.0714. The molecule has 0 atom stereocenters. The van der Waals surface area contributed by atoms with E-state index < -0.39 is 64.4 Å². The van der Waals surface area contributed by atoms with Gasteiger partial charge in [0.1, 0.15) is 23.1 Å². The van der Waals surface area contributed by atoms with Crippen LogP contribution < -0.4 is 9.47 Å². The number of carbonyl (C=O) groups excluding carboxylic acids is 2. The highest BCUT2D eigenvalue weighted by Gasteiger charge is 2.27. The van der Waals surface area contributed by atoms with E-state index in [0.717, 1.165) is 31.2 Å². The summed E-state index contributed by atoms with van der Waals surface area (Å²) in [4.78, 5) is 24.7. The summed E-state index contributed by atoms with van der Waals surface area (Å²) in [5, 5.41) is 0. The molecule has 0 aromatic heterocycles. The fourth-order valence-electron chi connectivity index (χ4n) is 3.51. The van der Waals surface area contributed by atoms with Crippen molar-refractivity contribution in [1.82, 2.24) is 0 Å². The van der Waals surface area contributed by atoms with E-state index in [-0.39, 0.29) is 33.8 Å². The number of esters is 2. The molecule has 0 saturated carbocycles. The first-order valence-electron chi connectivity index (χ1n) is 11.2. The van der Waals surface area contributed by atoms with Gasteiger partial charge in [-0.25, -0.2) is 35.1 Å². The number of hydrogen-bond acceptors (Lipinski definition) is 4. The van der Waals surface area contributed by atoms with Crippen molar-refractivity contribution in [2.75, 3.05) is 0 Å². The molecule has 0 heterocycles. The highest BCUT2D eigenvalue weighted by atomic mass is 19.2. The van der Waals surface area contributed by atoms with Crippen LogP contribution in [0, 0.1) is 52.5 Å². The van der Waals surface area contributed by atoms with Crippen molar-refractivity contribution in [2.45, 2.75) is 6.92 Å². The Morgan fingerprint density at radius 1 is 0.525 bits per heavy atom. The van der Waals surface area contributed by atoms with Gasteiger partial charge in [0.2, 0.25) is 0 Å². The standard InChI is InChI=1S/C28H14F8O4/c1-12(27(37)39-15-2-4-17(19(29)10-15)13-6-21(31)25(35)22(32)7-13)28(38)40-16-3-5-18(20(30)11-16)14-8-23(33)26(36)24(34)9-14/h2-12H,1H3. The Labute approximate surface area is 220 Å². The number of carbonyl (C=O) groups is 2. The average molecular weight is 566 g/mol. The molecule has 40 heavy (non-hydrogen) atoms. The molecule has 12 heteroatoms. The van der Waals surface area contributed by atoms with Gasteiger partial charge in [0.15, 0.2) is 40.8 Å². The van der Waals surface area contributed by atoms with Crippen LogP contribution >= 0.6 is 0 Å². The van der Waals surface area contributed by atoms with Gasteiger partial charge in [-0.05, 0) is 66.6 Å². The molecule has 0 amide bonds. The van der Waals surface area contributed by atoms with E-state index in [1.165, 1.54) is 0 Å². The van der Waals surface area contributed by atoms with E-state index in [1.54, 1.807) is 0 Å². The van der Waals surface area contributed by atoms with Crippen LogP contribution in [0.4, 0.5) is 35.1 Å². The van der Waals surface area contributed by atoms with Crippen molar-refractivity contribution < 1.29 is 54.2 Å². The highest BCUT2D eigenvalue weighted by Crippen LogP contribution is 2.31. The van der Waals surface area contributed by atoms with Gasteiger partial charge in [-0.3, -0.25) is 9.59 Å². The summed E-state index contributed by atoms with van der Waals surface area (Å²) in [6, 6.07) is 7.83. The largest absolute Gasteiger partial charge is 0.426 e. The lowest BCUT2D eigenvalue weighted by Gasteiger charge is -2.13. The van der Waals surface area contributed by atoms with Crippen LogP contribution in [0.5, 0.6) is 11.5 Å². The zero-order valence-corrected chi connectivity index (χ0v) is 20.0. The van der Waals surface area contributed by atoms with Crippen LogP contribution in [0.1, 0.15) is 6.92 Å². The average Bonchev–Trinajstić information content (AvgIpc) is 2.89. The first-order chi connectivity index (χ1) is 18.8. The molecular weight excluding hydrogens is 552 g/mol. The Hall–Kier alpha value is -4.74. The SMILES string of the molecule is CC(C(=O)Oc1ccc(-c2cc(F)c(F)c(F)c2)c(F)c1)C(=O)Oc1ccc(-c2cc(F)c(F)c(F)c2)c(F)c1. The maximum absolute atomic E-state index is 14.5. The van der Waals surface area contributed by atoms with Gasteiger partial charge >= 0.3 is 11.9 Å². The lowest BCUT2D eigenvalue weighted by molar-refractivity contribution is -0.150. The molecule has 0 radical (unpaired) electrons. The maximum atomic E-state index is 14.5. The topological polar surface area (TPSA) is 52.6 Å². The molecule has 4 nitrogen and oxygen atoms in total. The van der Waals surface area contributed by atoms with Gasteiger partial charge in [0, 0.05) is 23.3 Å². The summed E-state index contributed by atoms with van der Waals surface area (Å²) in [7, 11) is 0. The smallest absolute Gasteiger partial charge is 0.325 e. The predicted molar refractivity (Wildman–Crippen MR) is 124 cm³/mol. The third-order valence-corrected chi connectivity index (χ3v) is 5.61. The summed E-state index contributed by atoms with van der Waals surface area (Å²) in [5.74, 6) is -16.6. The minimum atomic E-state index is -1.73. The van der Waals surface area contributed by atoms with Crippen LogP contribution in [-0.2, 0) is 9.59 Å². The Morgan fingerprint density at radius 2 is 0.850 bits per heavy atom. The molecule has 0 aliphatic heterocycles. The van der Waals surface area contributed by atoms with Gasteiger partial charge in [-0.1, -0.05) is 0 Å². The van der Waals surface area contributed by atoms with Crippen LogP contribution in [-0.4, -0.2) is 11.9 Å². The Morgan fingerprint density at radius 3 is 1.15 bits per heavy atom. The molecule has 0 unspecified atom stereocenters. The molecule has 4 rings (SSSR count). The second kappa shape index (κ2) is 11.2. The van der Waals surface area contributed by atoms with Gasteiger partial charge < -0.3 is 9.47 Å². The zero-order valence-electron chi connectivity index (χ0n) is 20.0. The second-order valence-corrected chi connectivity index (χ2v) is 8.35. The number of rotatable bonds is 6. The number of ether oxygens (including phenoxy) is 2. The third-order valence-electron chi connectivity index (χ3n) is 5.61. The van der Waals surface area contributed by atoms with Crippen molar-refractivity contribution >= 4 is 11.9 Å². The minimum absolute atomic E-state index is 0.323. The van der Waals surface area contributed by atoms with Crippen molar-refractivity contribution in [1.29, 1.82) is 0 Å². The minimum Gasteiger partial charge on any atom is -0.426 e. The van der Waals surface area contributed by atoms with Gasteiger partial charge in [-0.2, -0.15) is 0 Å². The van der Waals surface area contributed by atoms with Crippen LogP contribution in [0.25, 0.3) is 22.3 Å². The van der Waals surface area contributed by atoms with E-state index in [9.17, 15) is 44.7 Å². The summed E-state index contributed by atoms with van der Waals surface area (Å²) in [6.45, 7) is 1.08. The number of benzene rings is 4. The van der Waals surface area contributed by atoms with E-state index in [1.807, 2.05) is 0 Å². The van der Waals surface area contributed by atoms with Crippen LogP contribution in [0.15, 0.2) is 60.7 Å². The maximum Gasteiger partial charge on any atom is 0.325 e. The lowest BCUT2D eigenvalue weighted by Crippen LogP contribution is -2.29. The Kier molecular flexibility index (Phi) is 7.89. The summed E-state index contributed by atoms with van der Waals surface area (Å²) >= 11 is 0. The molecule has 4 aromatic carbocycles. The van der Waals surface area contributed by atoms with Gasteiger partial charge in [0.05, 0.1) is 0 Å². The molecule has 0 fully saturated rings. The highest BCUT2D eigenvalue weighted by molar-refractivity contribution is 5.96. The normalized spacial score (nSPS) is 11.1. The van der Waals surface area contributed by atoms with Crippen molar-refractivity contribution in [2.24, 2.45) is 5.92 Å². The molecular formula is C28H14F8O4. The van der Waals surface area contributed by atoms with Gasteiger partial charge in [-0.15, -0.1) is 0 Å². The molecule has 0 aliphatic rings. The Balaban J connectivity index is 1.44. The second-order valence-electron chi connectivity index (χ2n) is 8.35. The van der Waals surface area contributed by atoms with Gasteiger partial charge in [0.25, 0.3) is 0 Å². The van der Waals surface area contributed by atoms with Crippen molar-refractivity contribution in [3.8, 4) is 33.8 Å².